The first-order chi connectivity index (χ1) is 14.5. The minimum absolute atomic E-state index is 0.141. The summed E-state index contributed by atoms with van der Waals surface area (Å²) in [6.45, 7) is 17.0. The molecule has 0 radical (unpaired) electrons. The van der Waals surface area contributed by atoms with Crippen molar-refractivity contribution in [1.29, 1.82) is 0 Å². The van der Waals surface area contributed by atoms with Crippen molar-refractivity contribution in [3.63, 3.8) is 0 Å². The fourth-order valence-electron chi connectivity index (χ4n) is 3.72. The Balaban J connectivity index is 2.77. The minimum Gasteiger partial charge on any atom is -0.615 e. The first-order valence-electron chi connectivity index (χ1n) is 10.8. The predicted molar refractivity (Wildman–Crippen MR) is 121 cm³/mol. The number of hydrogen-bond donors (Lipinski definition) is 0. The van der Waals surface area contributed by atoms with Gasteiger partial charge in [0.1, 0.15) is 0 Å². The molecule has 176 valence electrons. The summed E-state index contributed by atoms with van der Waals surface area (Å²) in [6.07, 6.45) is -0.141. The maximum Gasteiger partial charge on any atom is 0.855 e. The van der Waals surface area contributed by atoms with Gasteiger partial charge in [0, 0.05) is 4.43 Å². The number of aryl methyl sites for hydroxylation is 1. The maximum atomic E-state index is 15.7. The van der Waals surface area contributed by atoms with Crippen LogP contribution in [0.1, 0.15) is 77.6 Å². The van der Waals surface area contributed by atoms with Crippen molar-refractivity contribution in [3.05, 3.63) is 57.7 Å². The summed E-state index contributed by atoms with van der Waals surface area (Å²) >= 11 is -4.24. The molecule has 7 heteroatoms. The van der Waals surface area contributed by atoms with Crippen LogP contribution < -0.4 is 8.21 Å². The monoisotopic (exact) mass is 470 g/mol. The molecule has 2 aromatic carbocycles. The van der Waals surface area contributed by atoms with Gasteiger partial charge in [-0.1, -0.05) is 73.1 Å². The average Bonchev–Trinajstić information content (AvgIpc) is 2.63. The Morgan fingerprint density at radius 3 is 1.66 bits per heavy atom. The van der Waals surface area contributed by atoms with Crippen molar-refractivity contribution in [1.82, 2.24) is 0 Å². The van der Waals surface area contributed by atoms with Crippen molar-refractivity contribution in [2.24, 2.45) is 5.92 Å². The molecule has 2 rings (SSSR count). The van der Waals surface area contributed by atoms with E-state index in [1.807, 2.05) is 60.6 Å². The van der Waals surface area contributed by atoms with Crippen molar-refractivity contribution >= 4 is 19.4 Å². The van der Waals surface area contributed by atoms with E-state index < -0.39 is 59.0 Å². The van der Waals surface area contributed by atoms with Gasteiger partial charge in [-0.2, -0.15) is 0 Å². The molecule has 1 nitrogen and oxygen atoms in total. The van der Waals surface area contributed by atoms with Crippen LogP contribution in [0.4, 0.5) is 21.1 Å². The van der Waals surface area contributed by atoms with Crippen LogP contribution in [0.25, 0.3) is 0 Å². The van der Waals surface area contributed by atoms with Crippen molar-refractivity contribution < 1.29 is 24.9 Å². The third kappa shape index (κ3) is 5.49. The first-order valence-corrected chi connectivity index (χ1v) is 12.3. The molecule has 0 heterocycles. The van der Waals surface area contributed by atoms with Gasteiger partial charge in [-0.3, -0.25) is 0 Å². The second-order valence-corrected chi connectivity index (χ2v) is 12.3. The van der Waals surface area contributed by atoms with Crippen LogP contribution in [-0.4, -0.2) is 14.9 Å². The molecule has 32 heavy (non-hydrogen) atoms. The van der Waals surface area contributed by atoms with Crippen LogP contribution in [-0.2, 0) is 17.3 Å². The van der Waals surface area contributed by atoms with E-state index in [0.717, 1.165) is 5.56 Å². The van der Waals surface area contributed by atoms with Crippen molar-refractivity contribution in [2.75, 3.05) is 0 Å². The number of halogens is 5. The van der Waals surface area contributed by atoms with E-state index >= 15 is 3.52 Å². The van der Waals surface area contributed by atoms with Gasteiger partial charge in [0.2, 0.25) is 0 Å². The molecule has 2 aromatic rings. The van der Waals surface area contributed by atoms with Gasteiger partial charge in [-0.25, -0.2) is 17.6 Å². The van der Waals surface area contributed by atoms with Crippen molar-refractivity contribution in [3.8, 4) is 5.75 Å². The Bertz CT molecular complexity index is 968. The van der Waals surface area contributed by atoms with Crippen LogP contribution >= 0.6 is 0 Å². The minimum atomic E-state index is -4.24. The third-order valence-electron chi connectivity index (χ3n) is 5.31. The normalized spacial score (nSPS) is 12.5. The van der Waals surface area contributed by atoms with E-state index in [0.29, 0.717) is 11.1 Å². The van der Waals surface area contributed by atoms with Gasteiger partial charge >= 0.3 is 14.9 Å². The third-order valence-corrected chi connectivity index (χ3v) is 6.81. The topological polar surface area (TPSA) is 9.23 Å². The highest BCUT2D eigenvalue weighted by Gasteiger charge is 2.43. The van der Waals surface area contributed by atoms with Gasteiger partial charge in [0.15, 0.2) is 23.3 Å². The van der Waals surface area contributed by atoms with Gasteiger partial charge < -0.3 is 7.31 Å². The zero-order valence-corrected chi connectivity index (χ0v) is 21.5. The standard InChI is InChI=1S/C15H24O.C10H9F4.Al.FH/c1-10-8-11(14(2,3)4)13(16)12(9-10)15(5,6)7;1-5(2)3-6-4-7(11)9(13)10(14)8(6)12;;/h8-9,16H,1-7H3;5H,3H2,1-2H3;;1H/q;;+2;/p-2. The summed E-state index contributed by atoms with van der Waals surface area (Å²) in [6, 6.07) is 3.76. The van der Waals surface area contributed by atoms with Gasteiger partial charge in [-0.15, -0.1) is 0 Å². The van der Waals surface area contributed by atoms with Crippen LogP contribution in [0.2, 0.25) is 0 Å². The zero-order chi connectivity index (χ0) is 24.8. The van der Waals surface area contributed by atoms with E-state index in [1.54, 1.807) is 13.8 Å². The fraction of sp³-hybridized carbons (Fsp3) is 0.520. The maximum absolute atomic E-state index is 15.7. The molecule has 0 N–H and O–H groups in total. The van der Waals surface area contributed by atoms with Crippen LogP contribution in [0.15, 0.2) is 12.1 Å². The van der Waals surface area contributed by atoms with E-state index in [1.165, 1.54) is 0 Å². The lowest BCUT2D eigenvalue weighted by Gasteiger charge is -2.31. The molecule has 0 aliphatic rings. The smallest absolute Gasteiger partial charge is 0.615 e. The predicted octanol–water partition coefficient (Wildman–Crippen LogP) is 7.09. The van der Waals surface area contributed by atoms with Crippen LogP contribution in [0.5, 0.6) is 5.75 Å². The molecule has 0 saturated heterocycles. The number of hydrogen-bond acceptors (Lipinski definition) is 1. The Morgan fingerprint density at radius 2 is 1.25 bits per heavy atom. The van der Waals surface area contributed by atoms with Gasteiger partial charge in [0.05, 0.1) is 5.75 Å². The number of benzene rings is 2. The summed E-state index contributed by atoms with van der Waals surface area (Å²) in [4.78, 5) is 0. The molecule has 0 saturated carbocycles. The summed E-state index contributed by atoms with van der Waals surface area (Å²) in [5.74, 6) is -7.18. The molecule has 0 aromatic heterocycles. The summed E-state index contributed by atoms with van der Waals surface area (Å²) < 4.78 is 78.1. The van der Waals surface area contributed by atoms with Crippen LogP contribution in [0, 0.1) is 36.1 Å². The molecular weight excluding hydrogens is 438 g/mol. The molecule has 0 unspecified atom stereocenters. The fourth-order valence-corrected chi connectivity index (χ4v) is 5.14. The molecule has 0 aliphatic carbocycles. The molecule has 0 aliphatic heterocycles. The molecule has 0 bridgehead atoms. The summed E-state index contributed by atoms with van der Waals surface area (Å²) in [5, 5.41) is 0. The quantitative estimate of drug-likeness (QED) is 0.196. The zero-order valence-electron chi connectivity index (χ0n) is 20.3. The van der Waals surface area contributed by atoms with Gasteiger partial charge in [-0.05, 0) is 46.8 Å². The Hall–Kier alpha value is -1.58. The Morgan fingerprint density at radius 1 is 0.812 bits per heavy atom. The Labute approximate surface area is 193 Å². The molecule has 0 atom stereocenters. The highest BCUT2D eigenvalue weighted by Crippen LogP contribution is 2.41. The first kappa shape index (κ1) is 26.7. The molecule has 0 amide bonds. The summed E-state index contributed by atoms with van der Waals surface area (Å²) in [5.41, 5.74) is 1.02. The lowest BCUT2D eigenvalue weighted by molar-refractivity contribution is 0.400. The second kappa shape index (κ2) is 9.35. The Kier molecular flexibility index (Phi) is 7.79. The van der Waals surface area contributed by atoms with Crippen molar-refractivity contribution in [2.45, 2.75) is 79.6 Å². The highest BCUT2D eigenvalue weighted by molar-refractivity contribution is 6.62. The van der Waals surface area contributed by atoms with E-state index in [4.69, 9.17) is 3.79 Å². The average molecular weight is 471 g/mol. The highest BCUT2D eigenvalue weighted by atomic mass is 27.3. The molecular formula is C25H32AlF5O. The van der Waals surface area contributed by atoms with Gasteiger partial charge in [0.25, 0.3) is 0 Å². The lowest BCUT2D eigenvalue weighted by Crippen LogP contribution is -2.41. The lowest BCUT2D eigenvalue weighted by atomic mass is 9.78. The van der Waals surface area contributed by atoms with E-state index in [9.17, 15) is 17.6 Å². The van der Waals surface area contributed by atoms with E-state index in [-0.39, 0.29) is 18.1 Å². The largest absolute Gasteiger partial charge is 0.855 e. The molecule has 0 spiro atoms. The second-order valence-electron chi connectivity index (χ2n) is 10.9. The van der Waals surface area contributed by atoms with E-state index in [2.05, 4.69) is 0 Å². The number of rotatable bonds is 5. The SMILES string of the molecule is Cc1cc(C(C)(C)C)c([O][Al]([F])[c]2c(F)c(F)c(F)c(F)c2CC(C)C)c(C(C)(C)C)c1. The molecule has 0 fully saturated rings. The van der Waals surface area contributed by atoms with Crippen LogP contribution in [0.3, 0.4) is 0 Å². The summed E-state index contributed by atoms with van der Waals surface area (Å²) in [7, 11) is 0.